The molecule has 1 amide bonds. The van der Waals surface area contributed by atoms with Crippen molar-refractivity contribution in [2.24, 2.45) is 22.9 Å². The van der Waals surface area contributed by atoms with E-state index < -0.39 is 28.8 Å². The molecule has 1 saturated carbocycles. The van der Waals surface area contributed by atoms with E-state index in [2.05, 4.69) is 23.6 Å². The van der Waals surface area contributed by atoms with Crippen LogP contribution < -0.4 is 9.47 Å². The fraction of sp³-hybridized carbons (Fsp3) is 0.600. The summed E-state index contributed by atoms with van der Waals surface area (Å²) >= 11 is 0. The molecule has 2 aromatic rings. The van der Waals surface area contributed by atoms with Crippen molar-refractivity contribution in [3.63, 3.8) is 0 Å². The summed E-state index contributed by atoms with van der Waals surface area (Å²) in [5, 5.41) is 45.4. The van der Waals surface area contributed by atoms with Crippen molar-refractivity contribution in [2.45, 2.75) is 76.2 Å². The summed E-state index contributed by atoms with van der Waals surface area (Å²) in [6, 6.07) is 11.2. The van der Waals surface area contributed by atoms with Crippen molar-refractivity contribution in [1.29, 1.82) is 0 Å². The number of ether oxygens (including phenoxy) is 5. The predicted molar refractivity (Wildman–Crippen MR) is 226 cm³/mol. The van der Waals surface area contributed by atoms with Crippen molar-refractivity contribution in [1.82, 2.24) is 9.80 Å². The van der Waals surface area contributed by atoms with Gasteiger partial charge in [-0.2, -0.15) is 0 Å². The maximum absolute atomic E-state index is 14.2. The second-order valence-electron chi connectivity index (χ2n) is 15.9. The molecule has 1 saturated heterocycles. The molecular formula is C45H62N4O12. The number of oxime groups is 1. The Morgan fingerprint density at radius 3 is 2.51 bits per heavy atom. The summed E-state index contributed by atoms with van der Waals surface area (Å²) in [7, 11) is 0. The largest absolute Gasteiger partial charge is 0.492 e. The SMILES string of the molecule is C=CCO[C@@]12Oc3ccc(OCCN4CC4)cc3[C@H]3[C@H](CCCCO)[C@@H](CCCCO)C=C(C(=NOCc4ccc([N+](=O)[O-])cc4)C[C@@H]1N(CCOCCO)C(=O)OCC)[C@H]32. The van der Waals surface area contributed by atoms with Gasteiger partial charge in [0.15, 0.2) is 0 Å². The van der Waals surface area contributed by atoms with Crippen LogP contribution in [0.1, 0.15) is 68.9 Å². The molecule has 0 spiro atoms. The molecule has 2 heterocycles. The zero-order valence-corrected chi connectivity index (χ0v) is 35.2. The number of aliphatic hydroxyl groups excluding tert-OH is 3. The number of nitrogens with zero attached hydrogens (tertiary/aromatic N) is 4. The highest BCUT2D eigenvalue weighted by Crippen LogP contribution is 2.62. The molecule has 334 valence electrons. The maximum atomic E-state index is 14.2. The number of fused-ring (bicyclic) bond motifs is 2. The van der Waals surface area contributed by atoms with Crippen LogP contribution in [0.5, 0.6) is 11.5 Å². The maximum Gasteiger partial charge on any atom is 0.410 e. The third-order valence-electron chi connectivity index (χ3n) is 12.0. The number of benzene rings is 2. The van der Waals surface area contributed by atoms with Gasteiger partial charge in [-0.05, 0) is 85.9 Å². The van der Waals surface area contributed by atoms with Crippen LogP contribution in [0, 0.1) is 27.9 Å². The number of hydrogen-bond donors (Lipinski definition) is 3. The minimum atomic E-state index is -1.49. The van der Waals surface area contributed by atoms with Gasteiger partial charge in [0, 0.05) is 69.4 Å². The number of carbonyl (C=O) groups excluding carboxylic acids is 1. The molecule has 0 radical (unpaired) electrons. The number of allylic oxidation sites excluding steroid dienone is 1. The van der Waals surface area contributed by atoms with E-state index in [4.69, 9.17) is 33.7 Å². The number of nitro groups is 1. The lowest BCUT2D eigenvalue weighted by atomic mass is 9.55. The number of unbranched alkanes of at least 4 members (excludes halogenated alkanes) is 2. The average molecular weight is 851 g/mol. The first-order chi connectivity index (χ1) is 29.8. The summed E-state index contributed by atoms with van der Waals surface area (Å²) in [6.45, 7) is 9.69. The molecule has 3 N–H and O–H groups in total. The molecule has 16 nitrogen and oxygen atoms in total. The second kappa shape index (κ2) is 22.5. The summed E-state index contributed by atoms with van der Waals surface area (Å²) in [5.74, 6) is -0.923. The number of nitro benzene ring substituents is 1. The van der Waals surface area contributed by atoms with Gasteiger partial charge < -0.3 is 43.8 Å². The molecule has 0 aromatic heterocycles. The van der Waals surface area contributed by atoms with E-state index in [-0.39, 0.29) is 89.3 Å². The van der Waals surface area contributed by atoms with E-state index in [1.165, 1.54) is 12.1 Å². The first-order valence-corrected chi connectivity index (χ1v) is 21.7. The molecule has 0 unspecified atom stereocenters. The van der Waals surface area contributed by atoms with Crippen molar-refractivity contribution in [3.8, 4) is 11.5 Å². The normalized spacial score (nSPS) is 24.5. The van der Waals surface area contributed by atoms with E-state index in [1.807, 2.05) is 12.1 Å². The summed E-state index contributed by atoms with van der Waals surface area (Å²) in [5.41, 5.74) is 3.04. The number of carbonyl (C=O) groups is 1. The lowest BCUT2D eigenvalue weighted by molar-refractivity contribution is -0.384. The average Bonchev–Trinajstić information content (AvgIpc) is 4.09. The highest BCUT2D eigenvalue weighted by Gasteiger charge is 2.65. The monoisotopic (exact) mass is 850 g/mol. The van der Waals surface area contributed by atoms with Crippen LogP contribution in [-0.2, 0) is 25.7 Å². The molecule has 61 heavy (non-hydrogen) atoms. The van der Waals surface area contributed by atoms with Crippen LogP contribution in [0.25, 0.3) is 0 Å². The number of hydrogen-bond acceptors (Lipinski definition) is 14. The third-order valence-corrected chi connectivity index (χ3v) is 12.0. The third kappa shape index (κ3) is 11.3. The molecule has 2 aromatic carbocycles. The summed E-state index contributed by atoms with van der Waals surface area (Å²) in [4.78, 5) is 35.0. The molecule has 6 rings (SSSR count). The van der Waals surface area contributed by atoms with Crippen LogP contribution in [0.4, 0.5) is 10.5 Å². The lowest BCUT2D eigenvalue weighted by Crippen LogP contribution is -2.70. The van der Waals surface area contributed by atoms with Crippen LogP contribution in [-0.4, -0.2) is 133 Å². The van der Waals surface area contributed by atoms with E-state index in [1.54, 1.807) is 30.0 Å². The Labute approximate surface area is 357 Å². The Bertz CT molecular complexity index is 1820. The zero-order chi connectivity index (χ0) is 43.2. The van der Waals surface area contributed by atoms with Gasteiger partial charge in [-0.3, -0.25) is 19.9 Å². The highest BCUT2D eigenvalue weighted by molar-refractivity contribution is 6.03. The smallest absolute Gasteiger partial charge is 0.410 e. The van der Waals surface area contributed by atoms with Gasteiger partial charge in [0.25, 0.3) is 5.69 Å². The van der Waals surface area contributed by atoms with E-state index in [0.29, 0.717) is 42.2 Å². The summed E-state index contributed by atoms with van der Waals surface area (Å²) in [6.07, 6.45) is 7.85. The highest BCUT2D eigenvalue weighted by atomic mass is 16.7. The number of non-ortho nitro benzene ring substituents is 1. The van der Waals surface area contributed by atoms with Gasteiger partial charge in [-0.25, -0.2) is 4.79 Å². The Kier molecular flexibility index (Phi) is 16.9. The van der Waals surface area contributed by atoms with E-state index in [0.717, 1.165) is 56.5 Å². The van der Waals surface area contributed by atoms with E-state index in [9.17, 15) is 30.2 Å². The van der Waals surface area contributed by atoms with Crippen molar-refractivity contribution in [2.75, 3.05) is 79.0 Å². The molecule has 6 atom stereocenters. The van der Waals surface area contributed by atoms with Crippen LogP contribution in [0.2, 0.25) is 0 Å². The molecule has 2 aliphatic heterocycles. The van der Waals surface area contributed by atoms with Gasteiger partial charge in [0.1, 0.15) is 30.8 Å². The summed E-state index contributed by atoms with van der Waals surface area (Å²) < 4.78 is 32.0. The van der Waals surface area contributed by atoms with Gasteiger partial charge in [-0.1, -0.05) is 30.1 Å². The lowest BCUT2D eigenvalue weighted by Gasteiger charge is -2.59. The topological polar surface area (TPSA) is 195 Å². The van der Waals surface area contributed by atoms with Gasteiger partial charge in [0.05, 0.1) is 49.6 Å². The Morgan fingerprint density at radius 2 is 1.82 bits per heavy atom. The van der Waals surface area contributed by atoms with Crippen LogP contribution in [0.15, 0.2) is 71.9 Å². The Hall–Kier alpha value is -4.58. The molecule has 2 fully saturated rings. The fourth-order valence-electron chi connectivity index (χ4n) is 9.13. The molecule has 16 heteroatoms. The van der Waals surface area contributed by atoms with E-state index >= 15 is 0 Å². The van der Waals surface area contributed by atoms with Gasteiger partial charge in [0.2, 0.25) is 5.79 Å². The quantitative estimate of drug-likeness (QED) is 0.0349. The van der Waals surface area contributed by atoms with Crippen molar-refractivity contribution >= 4 is 17.5 Å². The Balaban J connectivity index is 1.53. The minimum absolute atomic E-state index is 0.0196. The standard InChI is InChI=1S/C45H62N4O12/c1-3-24-59-45-41(48(44(53)57-4-2)20-25-56-27-23-52)30-39(46-60-31-32-11-13-34(14-12-32)49(54)55)37-28-33(9-5-7-21-50)36(10-6-8-22-51)42(43(37)45)38-29-35(15-16-40(38)61-45)58-26-19-47-17-18-47/h3,11-16,28-29,33,36,41-43,50-52H,1,4-10,17-27,30-31H2,2H3/t33-,36+,41-,42+,43+,45+/m0/s1. The zero-order valence-electron chi connectivity index (χ0n) is 35.2. The van der Waals surface area contributed by atoms with Crippen LogP contribution >= 0.6 is 0 Å². The molecule has 0 bridgehead atoms. The molecular weight excluding hydrogens is 789 g/mol. The molecule has 2 aliphatic carbocycles. The minimum Gasteiger partial charge on any atom is -0.492 e. The first-order valence-electron chi connectivity index (χ1n) is 21.7. The number of aliphatic hydroxyl groups is 3. The number of rotatable bonds is 26. The number of amides is 1. The molecule has 4 aliphatic rings. The first kappa shape index (κ1) is 45.9. The predicted octanol–water partition coefficient (Wildman–Crippen LogP) is 5.59. The van der Waals surface area contributed by atoms with Gasteiger partial charge in [-0.15, -0.1) is 6.58 Å². The van der Waals surface area contributed by atoms with Crippen molar-refractivity contribution < 1.29 is 53.6 Å². The fourth-order valence-corrected chi connectivity index (χ4v) is 9.13. The Morgan fingerprint density at radius 1 is 1.05 bits per heavy atom. The van der Waals surface area contributed by atoms with Crippen LogP contribution in [0.3, 0.4) is 0 Å². The van der Waals surface area contributed by atoms with Crippen molar-refractivity contribution in [3.05, 3.63) is 88.0 Å². The van der Waals surface area contributed by atoms with Gasteiger partial charge >= 0.3 is 6.09 Å². The second-order valence-corrected chi connectivity index (χ2v) is 15.9.